The predicted octanol–water partition coefficient (Wildman–Crippen LogP) is 1.07. The summed E-state index contributed by atoms with van der Waals surface area (Å²) in [5.74, 6) is 0.158. The van der Waals surface area contributed by atoms with Crippen LogP contribution >= 0.6 is 0 Å². The molecule has 0 amide bonds. The molecule has 0 radical (unpaired) electrons. The first-order valence-electron chi connectivity index (χ1n) is 6.32. The van der Waals surface area contributed by atoms with Crippen LogP contribution in [-0.4, -0.2) is 33.3 Å². The number of rotatable bonds is 5. The van der Waals surface area contributed by atoms with Crippen molar-refractivity contribution in [3.8, 4) is 0 Å². The standard InChI is InChI=1S/C13H20N2O2S/c1-11(12-5-3-2-4-6-12)10-18(16,17)15-13-7-8-14-9-13/h2-6,11,13-15H,7-10H2,1H3/t11?,13-/m1/s1. The number of benzene rings is 1. The summed E-state index contributed by atoms with van der Waals surface area (Å²) in [6.45, 7) is 3.57. The van der Waals surface area contributed by atoms with Gasteiger partial charge in [-0.15, -0.1) is 0 Å². The quantitative estimate of drug-likeness (QED) is 0.840. The maximum atomic E-state index is 12.0. The highest BCUT2D eigenvalue weighted by Crippen LogP contribution is 2.16. The van der Waals surface area contributed by atoms with E-state index in [-0.39, 0.29) is 17.7 Å². The van der Waals surface area contributed by atoms with Crippen molar-refractivity contribution in [2.75, 3.05) is 18.8 Å². The van der Waals surface area contributed by atoms with Crippen LogP contribution in [0.15, 0.2) is 30.3 Å². The largest absolute Gasteiger partial charge is 0.315 e. The minimum absolute atomic E-state index is 0.0121. The Kier molecular flexibility index (Phi) is 4.37. The fourth-order valence-electron chi connectivity index (χ4n) is 2.26. The van der Waals surface area contributed by atoms with Gasteiger partial charge < -0.3 is 5.32 Å². The number of hydrogen-bond donors (Lipinski definition) is 2. The highest BCUT2D eigenvalue weighted by atomic mass is 32.2. The lowest BCUT2D eigenvalue weighted by Gasteiger charge is -2.16. The van der Waals surface area contributed by atoms with Gasteiger partial charge in [0.25, 0.3) is 0 Å². The molecule has 0 spiro atoms. The summed E-state index contributed by atoms with van der Waals surface area (Å²) >= 11 is 0. The Hall–Kier alpha value is -0.910. The zero-order valence-electron chi connectivity index (χ0n) is 10.6. The van der Waals surface area contributed by atoms with Gasteiger partial charge in [-0.2, -0.15) is 0 Å². The second-order valence-corrected chi connectivity index (χ2v) is 6.70. The van der Waals surface area contributed by atoms with Crippen molar-refractivity contribution in [3.63, 3.8) is 0 Å². The van der Waals surface area contributed by atoms with Crippen molar-refractivity contribution in [2.45, 2.75) is 25.3 Å². The van der Waals surface area contributed by atoms with Gasteiger partial charge in [-0.3, -0.25) is 0 Å². The Morgan fingerprint density at radius 1 is 1.39 bits per heavy atom. The van der Waals surface area contributed by atoms with Crippen molar-refractivity contribution in [1.82, 2.24) is 10.0 Å². The molecule has 1 heterocycles. The third-order valence-corrected chi connectivity index (χ3v) is 4.88. The van der Waals surface area contributed by atoms with Gasteiger partial charge in [0.15, 0.2) is 0 Å². The molecule has 1 aliphatic heterocycles. The van der Waals surface area contributed by atoms with Gasteiger partial charge in [0, 0.05) is 12.6 Å². The molecule has 0 aliphatic carbocycles. The van der Waals surface area contributed by atoms with E-state index in [9.17, 15) is 8.42 Å². The molecule has 2 rings (SSSR count). The molecule has 2 N–H and O–H groups in total. The average molecular weight is 268 g/mol. The second kappa shape index (κ2) is 5.82. The van der Waals surface area contributed by atoms with Crippen LogP contribution in [0.2, 0.25) is 0 Å². The van der Waals surface area contributed by atoms with Gasteiger partial charge in [-0.1, -0.05) is 37.3 Å². The highest BCUT2D eigenvalue weighted by molar-refractivity contribution is 7.89. The predicted molar refractivity (Wildman–Crippen MR) is 73.1 cm³/mol. The van der Waals surface area contributed by atoms with E-state index in [0.29, 0.717) is 0 Å². The molecule has 1 aliphatic rings. The minimum Gasteiger partial charge on any atom is -0.315 e. The van der Waals surface area contributed by atoms with Crippen molar-refractivity contribution < 1.29 is 8.42 Å². The molecule has 100 valence electrons. The lowest BCUT2D eigenvalue weighted by atomic mass is 10.0. The lowest BCUT2D eigenvalue weighted by Crippen LogP contribution is -2.38. The Labute approximate surface area is 109 Å². The summed E-state index contributed by atoms with van der Waals surface area (Å²) in [6, 6.07) is 9.80. The molecule has 5 heteroatoms. The Bertz CT molecular complexity index is 467. The lowest BCUT2D eigenvalue weighted by molar-refractivity contribution is 0.555. The van der Waals surface area contributed by atoms with E-state index in [1.807, 2.05) is 37.3 Å². The van der Waals surface area contributed by atoms with Gasteiger partial charge >= 0.3 is 0 Å². The van der Waals surface area contributed by atoms with Crippen LogP contribution in [0.25, 0.3) is 0 Å². The first-order chi connectivity index (χ1) is 8.57. The molecule has 1 aromatic rings. The van der Waals surface area contributed by atoms with E-state index in [1.54, 1.807) is 0 Å². The molecule has 1 unspecified atom stereocenters. The van der Waals surface area contributed by atoms with Crippen LogP contribution in [0.4, 0.5) is 0 Å². The summed E-state index contributed by atoms with van der Waals surface area (Å²) in [4.78, 5) is 0. The van der Waals surface area contributed by atoms with E-state index in [1.165, 1.54) is 0 Å². The van der Waals surface area contributed by atoms with E-state index < -0.39 is 10.0 Å². The summed E-state index contributed by atoms with van der Waals surface area (Å²) < 4.78 is 26.8. The summed E-state index contributed by atoms with van der Waals surface area (Å²) in [6.07, 6.45) is 0.874. The molecule has 0 bridgehead atoms. The molecule has 1 aromatic carbocycles. The maximum absolute atomic E-state index is 12.0. The Balaban J connectivity index is 1.95. The van der Waals surface area contributed by atoms with Gasteiger partial charge in [-0.25, -0.2) is 13.1 Å². The Morgan fingerprint density at radius 2 is 2.11 bits per heavy atom. The van der Waals surface area contributed by atoms with Gasteiger partial charge in [0.2, 0.25) is 10.0 Å². The number of nitrogens with one attached hydrogen (secondary N) is 2. The van der Waals surface area contributed by atoms with Gasteiger partial charge in [0.1, 0.15) is 0 Å². The molecule has 2 atom stereocenters. The van der Waals surface area contributed by atoms with E-state index in [2.05, 4.69) is 10.0 Å². The first kappa shape index (κ1) is 13.5. The fourth-order valence-corrected chi connectivity index (χ4v) is 3.92. The highest BCUT2D eigenvalue weighted by Gasteiger charge is 2.23. The second-order valence-electron chi connectivity index (χ2n) is 4.90. The monoisotopic (exact) mass is 268 g/mol. The first-order valence-corrected chi connectivity index (χ1v) is 7.98. The van der Waals surface area contributed by atoms with Crippen molar-refractivity contribution >= 4 is 10.0 Å². The van der Waals surface area contributed by atoms with Crippen LogP contribution in [0.3, 0.4) is 0 Å². The molecule has 18 heavy (non-hydrogen) atoms. The maximum Gasteiger partial charge on any atom is 0.212 e. The zero-order valence-corrected chi connectivity index (χ0v) is 11.4. The van der Waals surface area contributed by atoms with E-state index in [4.69, 9.17) is 0 Å². The normalized spacial score (nSPS) is 21.9. The molecule has 1 fully saturated rings. The van der Waals surface area contributed by atoms with Crippen molar-refractivity contribution in [1.29, 1.82) is 0 Å². The molecule has 0 aromatic heterocycles. The zero-order chi connectivity index (χ0) is 13.0. The van der Waals surface area contributed by atoms with Gasteiger partial charge in [-0.05, 0) is 24.4 Å². The van der Waals surface area contributed by atoms with E-state index in [0.717, 1.165) is 25.1 Å². The average Bonchev–Trinajstić information content (AvgIpc) is 2.81. The summed E-state index contributed by atoms with van der Waals surface area (Å²) in [7, 11) is -3.20. The SMILES string of the molecule is CC(CS(=O)(=O)N[C@@H]1CCNC1)c1ccccc1. The van der Waals surface area contributed by atoms with Crippen LogP contribution in [0, 0.1) is 0 Å². The van der Waals surface area contributed by atoms with Crippen LogP contribution in [0.5, 0.6) is 0 Å². The summed E-state index contributed by atoms with van der Waals surface area (Å²) in [5.41, 5.74) is 1.06. The van der Waals surface area contributed by atoms with Crippen LogP contribution < -0.4 is 10.0 Å². The molecular weight excluding hydrogens is 248 g/mol. The molecule has 4 nitrogen and oxygen atoms in total. The van der Waals surface area contributed by atoms with Crippen LogP contribution in [-0.2, 0) is 10.0 Å². The van der Waals surface area contributed by atoms with Crippen molar-refractivity contribution in [3.05, 3.63) is 35.9 Å². The number of sulfonamides is 1. The van der Waals surface area contributed by atoms with Crippen molar-refractivity contribution in [2.24, 2.45) is 0 Å². The molecule has 0 saturated carbocycles. The molecular formula is C13H20N2O2S. The minimum atomic E-state index is -3.20. The topological polar surface area (TPSA) is 58.2 Å². The third-order valence-electron chi connectivity index (χ3n) is 3.24. The van der Waals surface area contributed by atoms with Crippen LogP contribution in [0.1, 0.15) is 24.8 Å². The summed E-state index contributed by atoms with van der Waals surface area (Å²) in [5, 5.41) is 3.15. The van der Waals surface area contributed by atoms with E-state index >= 15 is 0 Å². The third kappa shape index (κ3) is 3.80. The van der Waals surface area contributed by atoms with Gasteiger partial charge in [0.05, 0.1) is 5.75 Å². The Morgan fingerprint density at radius 3 is 2.72 bits per heavy atom. The fraction of sp³-hybridized carbons (Fsp3) is 0.538. The number of hydrogen-bond acceptors (Lipinski definition) is 3. The molecule has 1 saturated heterocycles. The smallest absolute Gasteiger partial charge is 0.212 e.